The van der Waals surface area contributed by atoms with Crippen LogP contribution in [0.1, 0.15) is 11.3 Å². The van der Waals surface area contributed by atoms with Crippen molar-refractivity contribution in [2.24, 2.45) is 0 Å². The number of alkyl halides is 3. The molecular weight excluding hydrogens is 325 g/mol. The Morgan fingerprint density at radius 3 is 2.62 bits per heavy atom. The van der Waals surface area contributed by atoms with Crippen LogP contribution in [0.5, 0.6) is 0 Å². The predicted octanol–water partition coefficient (Wildman–Crippen LogP) is 2.29. The van der Waals surface area contributed by atoms with Gasteiger partial charge in [-0.1, -0.05) is 0 Å². The van der Waals surface area contributed by atoms with E-state index in [2.05, 4.69) is 25.5 Å². The molecule has 7 nitrogen and oxygen atoms in total. The zero-order valence-electron chi connectivity index (χ0n) is 12.1. The number of hydrogen-bond acceptors (Lipinski definition) is 4. The molecule has 0 aliphatic heterocycles. The van der Waals surface area contributed by atoms with Crippen molar-refractivity contribution in [2.45, 2.75) is 13.1 Å². The Morgan fingerprint density at radius 1 is 1.12 bits per heavy atom. The standard InChI is InChI=1S/C14H9F3N6O/c1-6-12(11-5-19-21-13(24)23(11)22-6)8-2-7(14(15,16)17)3-10-9(8)4-18-20-10/h2-5H,1H3,(H,18,20)(H,21,24). The zero-order chi connectivity index (χ0) is 17.1. The Balaban J connectivity index is 2.14. The molecule has 24 heavy (non-hydrogen) atoms. The first-order valence-electron chi connectivity index (χ1n) is 6.84. The van der Waals surface area contributed by atoms with Gasteiger partial charge in [0.15, 0.2) is 0 Å². The van der Waals surface area contributed by atoms with Gasteiger partial charge in [-0.05, 0) is 24.6 Å². The van der Waals surface area contributed by atoms with E-state index in [4.69, 9.17) is 0 Å². The van der Waals surface area contributed by atoms with E-state index < -0.39 is 17.4 Å². The normalized spacial score (nSPS) is 12.3. The second kappa shape index (κ2) is 4.66. The van der Waals surface area contributed by atoms with E-state index in [1.54, 1.807) is 6.92 Å². The summed E-state index contributed by atoms with van der Waals surface area (Å²) in [5.41, 5.74) is 0.285. The second-order valence-electron chi connectivity index (χ2n) is 5.29. The summed E-state index contributed by atoms with van der Waals surface area (Å²) >= 11 is 0. The number of fused-ring (bicyclic) bond motifs is 2. The first-order chi connectivity index (χ1) is 11.4. The first kappa shape index (κ1) is 14.4. The van der Waals surface area contributed by atoms with Crippen molar-refractivity contribution in [3.05, 3.63) is 46.3 Å². The van der Waals surface area contributed by atoms with Crippen LogP contribution in [0.2, 0.25) is 0 Å². The van der Waals surface area contributed by atoms with Gasteiger partial charge in [0.25, 0.3) is 0 Å². The fraction of sp³-hybridized carbons (Fsp3) is 0.143. The summed E-state index contributed by atoms with van der Waals surface area (Å²) in [7, 11) is 0. The molecule has 0 aliphatic carbocycles. The van der Waals surface area contributed by atoms with Gasteiger partial charge in [0.1, 0.15) is 5.52 Å². The smallest absolute Gasteiger partial charge is 0.278 e. The van der Waals surface area contributed by atoms with Crippen LogP contribution < -0.4 is 5.69 Å². The number of nitrogens with one attached hydrogen (secondary N) is 2. The minimum atomic E-state index is -4.51. The fourth-order valence-corrected chi connectivity index (χ4v) is 2.77. The highest BCUT2D eigenvalue weighted by molar-refractivity contribution is 5.99. The molecule has 1 aromatic carbocycles. The Morgan fingerprint density at radius 2 is 1.88 bits per heavy atom. The van der Waals surface area contributed by atoms with Gasteiger partial charge in [0.2, 0.25) is 0 Å². The van der Waals surface area contributed by atoms with Crippen molar-refractivity contribution in [3.63, 3.8) is 0 Å². The van der Waals surface area contributed by atoms with Crippen LogP contribution in [0.25, 0.3) is 27.5 Å². The summed E-state index contributed by atoms with van der Waals surface area (Å²) in [4.78, 5) is 11.8. The van der Waals surface area contributed by atoms with E-state index in [1.807, 2.05) is 0 Å². The fourth-order valence-electron chi connectivity index (χ4n) is 2.77. The Kier molecular flexibility index (Phi) is 2.80. The summed E-state index contributed by atoms with van der Waals surface area (Å²) in [5.74, 6) is 0. The van der Waals surface area contributed by atoms with Crippen LogP contribution in [-0.2, 0) is 6.18 Å². The molecule has 0 radical (unpaired) electrons. The van der Waals surface area contributed by atoms with Crippen molar-refractivity contribution in [1.82, 2.24) is 30.0 Å². The average Bonchev–Trinajstić information content (AvgIpc) is 3.10. The summed E-state index contributed by atoms with van der Waals surface area (Å²) in [5, 5.41) is 16.9. The van der Waals surface area contributed by atoms with Crippen LogP contribution in [-0.4, -0.2) is 30.0 Å². The molecule has 3 heterocycles. The second-order valence-corrected chi connectivity index (χ2v) is 5.29. The number of rotatable bonds is 1. The number of nitrogens with zero attached hydrogens (tertiary/aromatic N) is 4. The average molecular weight is 334 g/mol. The molecule has 0 atom stereocenters. The van der Waals surface area contributed by atoms with Crippen LogP contribution in [0.3, 0.4) is 0 Å². The van der Waals surface area contributed by atoms with Gasteiger partial charge >= 0.3 is 11.9 Å². The third kappa shape index (κ3) is 1.99. The third-order valence-electron chi connectivity index (χ3n) is 3.79. The minimum absolute atomic E-state index is 0.247. The van der Waals surface area contributed by atoms with Gasteiger partial charge in [-0.15, -0.1) is 0 Å². The lowest BCUT2D eigenvalue weighted by molar-refractivity contribution is -0.137. The van der Waals surface area contributed by atoms with E-state index >= 15 is 0 Å². The maximum atomic E-state index is 13.2. The Labute approximate surface area is 131 Å². The van der Waals surface area contributed by atoms with E-state index in [0.29, 0.717) is 22.2 Å². The summed E-state index contributed by atoms with van der Waals surface area (Å²) in [6.07, 6.45) is -1.72. The van der Waals surface area contributed by atoms with Crippen molar-refractivity contribution < 1.29 is 13.2 Å². The van der Waals surface area contributed by atoms with Gasteiger partial charge < -0.3 is 0 Å². The SMILES string of the molecule is Cc1nn2c(=O)[nH]ncc2c1-c1cc(C(F)(F)F)cc2[nH]ncc12. The molecule has 0 saturated carbocycles. The molecule has 10 heteroatoms. The molecule has 122 valence electrons. The maximum Gasteiger partial charge on any atom is 0.416 e. The number of aromatic nitrogens is 6. The predicted molar refractivity (Wildman–Crippen MR) is 78.4 cm³/mol. The molecule has 0 fully saturated rings. The van der Waals surface area contributed by atoms with E-state index in [0.717, 1.165) is 16.6 Å². The third-order valence-corrected chi connectivity index (χ3v) is 3.79. The van der Waals surface area contributed by atoms with Crippen molar-refractivity contribution >= 4 is 16.4 Å². The largest absolute Gasteiger partial charge is 0.416 e. The highest BCUT2D eigenvalue weighted by Gasteiger charge is 2.32. The topological polar surface area (TPSA) is 91.7 Å². The lowest BCUT2D eigenvalue weighted by atomic mass is 9.98. The van der Waals surface area contributed by atoms with Gasteiger partial charge in [-0.25, -0.2) is 9.89 Å². The van der Waals surface area contributed by atoms with Crippen molar-refractivity contribution in [1.29, 1.82) is 0 Å². The lowest BCUT2D eigenvalue weighted by Gasteiger charge is -2.10. The summed E-state index contributed by atoms with van der Waals surface area (Å²) < 4.78 is 40.7. The van der Waals surface area contributed by atoms with Crippen LogP contribution >= 0.6 is 0 Å². The molecule has 0 bridgehead atoms. The molecule has 3 aromatic heterocycles. The minimum Gasteiger partial charge on any atom is -0.278 e. The Hall–Kier alpha value is -3.17. The number of benzene rings is 1. The number of halogens is 3. The van der Waals surface area contributed by atoms with E-state index in [1.165, 1.54) is 12.4 Å². The lowest BCUT2D eigenvalue weighted by Crippen LogP contribution is -2.18. The maximum absolute atomic E-state index is 13.2. The van der Waals surface area contributed by atoms with Crippen LogP contribution in [0, 0.1) is 6.92 Å². The van der Waals surface area contributed by atoms with Gasteiger partial charge in [-0.2, -0.15) is 33.0 Å². The van der Waals surface area contributed by atoms with Gasteiger partial charge in [-0.3, -0.25) is 5.10 Å². The van der Waals surface area contributed by atoms with Gasteiger partial charge in [0, 0.05) is 10.9 Å². The number of H-pyrrole nitrogens is 2. The quantitative estimate of drug-likeness (QED) is 0.559. The van der Waals surface area contributed by atoms with Crippen LogP contribution in [0.15, 0.2) is 29.3 Å². The first-order valence-corrected chi connectivity index (χ1v) is 6.84. The van der Waals surface area contributed by atoms with E-state index in [9.17, 15) is 18.0 Å². The molecular formula is C14H9F3N6O. The number of hydrogen-bond donors (Lipinski definition) is 2. The van der Waals surface area contributed by atoms with E-state index in [-0.39, 0.29) is 11.1 Å². The summed E-state index contributed by atoms with van der Waals surface area (Å²) in [6, 6.07) is 2.03. The molecule has 4 rings (SSSR count). The van der Waals surface area contributed by atoms with Crippen LogP contribution in [0.4, 0.5) is 13.2 Å². The number of aromatic amines is 2. The zero-order valence-corrected chi connectivity index (χ0v) is 12.1. The summed E-state index contributed by atoms with van der Waals surface area (Å²) in [6.45, 7) is 1.62. The Bertz CT molecular complexity index is 1140. The molecule has 0 saturated heterocycles. The molecule has 0 amide bonds. The highest BCUT2D eigenvalue weighted by Crippen LogP contribution is 2.38. The molecule has 4 aromatic rings. The molecule has 0 unspecified atom stereocenters. The van der Waals surface area contributed by atoms with Crippen molar-refractivity contribution in [2.75, 3.05) is 0 Å². The van der Waals surface area contributed by atoms with Crippen molar-refractivity contribution in [3.8, 4) is 11.1 Å². The molecule has 2 N–H and O–H groups in total. The number of aryl methyl sites for hydroxylation is 1. The highest BCUT2D eigenvalue weighted by atomic mass is 19.4. The molecule has 0 spiro atoms. The van der Waals surface area contributed by atoms with Gasteiger partial charge in [0.05, 0.1) is 29.2 Å². The molecule has 0 aliphatic rings. The monoisotopic (exact) mass is 334 g/mol.